The van der Waals surface area contributed by atoms with Crippen LogP contribution >= 0.6 is 0 Å². The molecule has 0 heterocycles. The van der Waals surface area contributed by atoms with E-state index in [2.05, 4.69) is 0 Å². The number of carbonyl (C=O) groups excluding carboxylic acids is 1. The molecule has 0 aromatic heterocycles. The van der Waals surface area contributed by atoms with Crippen molar-refractivity contribution in [3.8, 4) is 0 Å². The Morgan fingerprint density at radius 1 is 1.36 bits per heavy atom. The summed E-state index contributed by atoms with van der Waals surface area (Å²) in [7, 11) is -4.17. The van der Waals surface area contributed by atoms with Gasteiger partial charge in [-0.15, -0.1) is 0 Å². The van der Waals surface area contributed by atoms with E-state index in [0.717, 1.165) is 18.2 Å². The molecule has 0 fully saturated rings. The van der Waals surface area contributed by atoms with Gasteiger partial charge in [-0.25, -0.2) is 17.9 Å². The summed E-state index contributed by atoms with van der Waals surface area (Å²) in [6.07, 6.45) is 0. The van der Waals surface area contributed by atoms with Crippen LogP contribution in [0.5, 0.6) is 0 Å². The zero-order valence-corrected chi connectivity index (χ0v) is 7.71. The molecule has 1 aromatic carbocycles. The van der Waals surface area contributed by atoms with Crippen molar-refractivity contribution in [2.24, 2.45) is 10.9 Å². The van der Waals surface area contributed by atoms with Crippen LogP contribution < -0.4 is 10.9 Å². The molecule has 76 valence electrons. The second-order valence-electron chi connectivity index (χ2n) is 2.55. The summed E-state index contributed by atoms with van der Waals surface area (Å²) in [5.41, 5.74) is 4.76. The van der Waals surface area contributed by atoms with Crippen LogP contribution in [0, 0.1) is 5.82 Å². The molecular formula is C7H7FN2O3S. The summed E-state index contributed by atoms with van der Waals surface area (Å²) in [6, 6.07) is 2.69. The Morgan fingerprint density at radius 3 is 2.36 bits per heavy atom. The van der Waals surface area contributed by atoms with E-state index >= 15 is 0 Å². The van der Waals surface area contributed by atoms with Crippen LogP contribution in [-0.4, -0.2) is 14.3 Å². The lowest BCUT2D eigenvalue weighted by Crippen LogP contribution is -2.17. The molecule has 0 saturated carbocycles. The van der Waals surface area contributed by atoms with Gasteiger partial charge in [0.25, 0.3) is 0 Å². The van der Waals surface area contributed by atoms with E-state index in [4.69, 9.17) is 10.9 Å². The topological polar surface area (TPSA) is 103 Å². The smallest absolute Gasteiger partial charge is 0.248 e. The van der Waals surface area contributed by atoms with Crippen LogP contribution in [0.25, 0.3) is 0 Å². The lowest BCUT2D eigenvalue weighted by Gasteiger charge is -2.01. The van der Waals surface area contributed by atoms with E-state index in [-0.39, 0.29) is 5.56 Å². The van der Waals surface area contributed by atoms with Gasteiger partial charge in [-0.05, 0) is 18.2 Å². The Kier molecular flexibility index (Phi) is 2.54. The highest BCUT2D eigenvalue weighted by Crippen LogP contribution is 2.14. The molecule has 1 aromatic rings. The molecule has 0 spiro atoms. The highest BCUT2D eigenvalue weighted by atomic mass is 32.2. The molecule has 1 amide bonds. The van der Waals surface area contributed by atoms with Crippen molar-refractivity contribution in [1.29, 1.82) is 0 Å². The Hall–Kier alpha value is -1.47. The number of sulfonamides is 1. The Balaban J connectivity index is 3.44. The minimum absolute atomic E-state index is 0.115. The summed E-state index contributed by atoms with van der Waals surface area (Å²) in [6.45, 7) is 0. The maximum atomic E-state index is 12.9. The van der Waals surface area contributed by atoms with E-state index in [1.165, 1.54) is 0 Å². The monoisotopic (exact) mass is 218 g/mol. The fourth-order valence-corrected chi connectivity index (χ4v) is 1.51. The molecule has 5 nitrogen and oxygen atoms in total. The van der Waals surface area contributed by atoms with Crippen molar-refractivity contribution in [2.45, 2.75) is 4.90 Å². The number of amides is 1. The highest BCUT2D eigenvalue weighted by Gasteiger charge is 2.16. The van der Waals surface area contributed by atoms with Crippen molar-refractivity contribution >= 4 is 15.9 Å². The van der Waals surface area contributed by atoms with Gasteiger partial charge >= 0.3 is 0 Å². The zero-order valence-electron chi connectivity index (χ0n) is 6.90. The highest BCUT2D eigenvalue weighted by molar-refractivity contribution is 7.89. The lowest BCUT2D eigenvalue weighted by molar-refractivity contribution is 0.1000. The largest absolute Gasteiger partial charge is 0.366 e. The van der Waals surface area contributed by atoms with Gasteiger partial charge in [-0.1, -0.05) is 0 Å². The molecule has 0 radical (unpaired) electrons. The summed E-state index contributed by atoms with van der Waals surface area (Å²) in [5, 5.41) is 4.71. The third-order valence-corrected chi connectivity index (χ3v) is 2.45. The first-order valence-corrected chi connectivity index (χ1v) is 4.99. The Labute approximate surface area is 79.6 Å². The molecule has 0 bridgehead atoms. The van der Waals surface area contributed by atoms with Crippen LogP contribution in [-0.2, 0) is 10.0 Å². The van der Waals surface area contributed by atoms with Crippen molar-refractivity contribution in [2.75, 3.05) is 0 Å². The number of halogens is 1. The van der Waals surface area contributed by atoms with Gasteiger partial charge in [0, 0.05) is 5.56 Å². The minimum Gasteiger partial charge on any atom is -0.366 e. The first-order valence-electron chi connectivity index (χ1n) is 3.44. The molecule has 0 aliphatic carbocycles. The van der Waals surface area contributed by atoms with Crippen molar-refractivity contribution in [3.05, 3.63) is 29.6 Å². The SMILES string of the molecule is NC(=O)c1ccc(F)c(S(N)(=O)=O)c1. The van der Waals surface area contributed by atoms with Gasteiger partial charge in [0.1, 0.15) is 10.7 Å². The Bertz CT molecular complexity index is 484. The van der Waals surface area contributed by atoms with Gasteiger partial charge in [-0.2, -0.15) is 0 Å². The fourth-order valence-electron chi connectivity index (χ4n) is 0.875. The third kappa shape index (κ3) is 2.06. The quantitative estimate of drug-likeness (QED) is 0.703. The molecule has 14 heavy (non-hydrogen) atoms. The molecule has 0 unspecified atom stereocenters. The third-order valence-electron chi connectivity index (χ3n) is 1.52. The van der Waals surface area contributed by atoms with E-state index in [1.54, 1.807) is 0 Å². The molecule has 0 aliphatic heterocycles. The first kappa shape index (κ1) is 10.6. The number of rotatable bonds is 2. The predicted octanol–water partition coefficient (Wildman–Crippen LogP) is -0.428. The predicted molar refractivity (Wildman–Crippen MR) is 46.3 cm³/mol. The average Bonchev–Trinajstić information content (AvgIpc) is 2.02. The van der Waals surface area contributed by atoms with Crippen molar-refractivity contribution in [3.63, 3.8) is 0 Å². The van der Waals surface area contributed by atoms with Crippen molar-refractivity contribution < 1.29 is 17.6 Å². The van der Waals surface area contributed by atoms with Crippen molar-refractivity contribution in [1.82, 2.24) is 0 Å². The molecular weight excluding hydrogens is 211 g/mol. The molecule has 0 aliphatic rings. The van der Waals surface area contributed by atoms with Crippen LogP contribution in [0.4, 0.5) is 4.39 Å². The second kappa shape index (κ2) is 3.35. The molecule has 0 atom stereocenters. The number of carbonyl (C=O) groups is 1. The maximum Gasteiger partial charge on any atom is 0.248 e. The van der Waals surface area contributed by atoms with Gasteiger partial charge in [0.15, 0.2) is 0 Å². The van der Waals surface area contributed by atoms with Crippen LogP contribution in [0.2, 0.25) is 0 Å². The number of benzene rings is 1. The number of hydrogen-bond acceptors (Lipinski definition) is 3. The van der Waals surface area contributed by atoms with E-state index in [1.807, 2.05) is 0 Å². The van der Waals surface area contributed by atoms with Gasteiger partial charge in [0.05, 0.1) is 0 Å². The number of primary sulfonamides is 1. The minimum atomic E-state index is -4.17. The fraction of sp³-hybridized carbons (Fsp3) is 0. The molecule has 0 saturated heterocycles. The van der Waals surface area contributed by atoms with E-state index in [0.29, 0.717) is 0 Å². The zero-order chi connectivity index (χ0) is 10.9. The summed E-state index contributed by atoms with van der Waals surface area (Å²) in [4.78, 5) is 9.91. The van der Waals surface area contributed by atoms with Gasteiger partial charge in [-0.3, -0.25) is 4.79 Å². The lowest BCUT2D eigenvalue weighted by atomic mass is 10.2. The summed E-state index contributed by atoms with van der Waals surface area (Å²) in [5.74, 6) is -1.87. The van der Waals surface area contributed by atoms with Gasteiger partial charge < -0.3 is 5.73 Å². The second-order valence-corrected chi connectivity index (χ2v) is 4.08. The first-order chi connectivity index (χ1) is 6.32. The molecule has 4 N–H and O–H groups in total. The Morgan fingerprint density at radius 2 is 1.93 bits per heavy atom. The van der Waals surface area contributed by atoms with E-state index in [9.17, 15) is 17.6 Å². The normalized spacial score (nSPS) is 11.3. The maximum absolute atomic E-state index is 12.9. The summed E-state index contributed by atoms with van der Waals surface area (Å²) >= 11 is 0. The van der Waals surface area contributed by atoms with Crippen LogP contribution in [0.3, 0.4) is 0 Å². The number of hydrogen-bond donors (Lipinski definition) is 2. The van der Waals surface area contributed by atoms with E-state index < -0.39 is 26.6 Å². The van der Waals surface area contributed by atoms with Crippen LogP contribution in [0.1, 0.15) is 10.4 Å². The van der Waals surface area contributed by atoms with Crippen LogP contribution in [0.15, 0.2) is 23.1 Å². The van der Waals surface area contributed by atoms with Gasteiger partial charge in [0.2, 0.25) is 15.9 Å². The average molecular weight is 218 g/mol. The summed E-state index contributed by atoms with van der Waals surface area (Å²) < 4.78 is 34.5. The number of nitrogens with two attached hydrogens (primary N) is 2. The molecule has 1 rings (SSSR count). The number of primary amides is 1. The standard InChI is InChI=1S/C7H7FN2O3S/c8-5-2-1-4(7(9)11)3-6(5)14(10,12)13/h1-3H,(H2,9,11)(H2,10,12,13). The molecule has 7 heteroatoms.